The average Bonchev–Trinajstić information content (AvgIpc) is 3.17. The minimum absolute atomic E-state index is 0.0984. The second-order valence-electron chi connectivity index (χ2n) is 9.78. The molecule has 194 valence electrons. The molecule has 7 nitrogen and oxygen atoms in total. The molecular formula is C29H40N4O3. The van der Waals surface area contributed by atoms with Crippen LogP contribution in [0, 0.1) is 27.7 Å². The Labute approximate surface area is 214 Å². The van der Waals surface area contributed by atoms with Gasteiger partial charge in [0.1, 0.15) is 0 Å². The van der Waals surface area contributed by atoms with Crippen LogP contribution in [0.1, 0.15) is 38.3 Å². The molecule has 0 aliphatic carbocycles. The number of amides is 1. The van der Waals surface area contributed by atoms with E-state index in [2.05, 4.69) is 67.2 Å². The summed E-state index contributed by atoms with van der Waals surface area (Å²) in [5.41, 5.74) is 8.93. The lowest BCUT2D eigenvalue weighted by Crippen LogP contribution is -2.49. The highest BCUT2D eigenvalue weighted by Crippen LogP contribution is 2.31. The molecule has 36 heavy (non-hydrogen) atoms. The molecule has 1 saturated heterocycles. The van der Waals surface area contributed by atoms with E-state index in [0.717, 1.165) is 60.6 Å². The Hall–Kier alpha value is -2.87. The lowest BCUT2D eigenvalue weighted by Gasteiger charge is -2.34. The van der Waals surface area contributed by atoms with Gasteiger partial charge in [0.15, 0.2) is 0 Å². The smallest absolute Gasteiger partial charge is 0.254 e. The Morgan fingerprint density at radius 3 is 2.42 bits per heavy atom. The number of aromatic amines is 1. The van der Waals surface area contributed by atoms with Gasteiger partial charge < -0.3 is 24.7 Å². The number of hydrogen-bond acceptors (Lipinski definition) is 5. The number of aryl methyl sites for hydroxylation is 4. The summed E-state index contributed by atoms with van der Waals surface area (Å²) < 4.78 is 10.6. The maximum absolute atomic E-state index is 13.6. The fraction of sp³-hybridized carbons (Fsp3) is 0.483. The van der Waals surface area contributed by atoms with Gasteiger partial charge in [0.2, 0.25) is 0 Å². The molecule has 1 fully saturated rings. The van der Waals surface area contributed by atoms with Crippen molar-refractivity contribution >= 4 is 22.5 Å². The highest BCUT2D eigenvalue weighted by molar-refractivity contribution is 6.03. The van der Waals surface area contributed by atoms with Gasteiger partial charge in [-0.2, -0.15) is 0 Å². The first-order valence-electron chi connectivity index (χ1n) is 12.9. The number of hydrogen-bond donors (Lipinski definition) is 2. The van der Waals surface area contributed by atoms with Crippen LogP contribution in [-0.4, -0.2) is 80.3 Å². The summed E-state index contributed by atoms with van der Waals surface area (Å²) in [5, 5.41) is 4.74. The highest BCUT2D eigenvalue weighted by atomic mass is 16.5. The summed E-state index contributed by atoms with van der Waals surface area (Å²) in [6.07, 6.45) is 0. The molecule has 0 atom stereocenters. The largest absolute Gasteiger partial charge is 0.382 e. The van der Waals surface area contributed by atoms with Crippen LogP contribution < -0.4 is 5.32 Å². The van der Waals surface area contributed by atoms with Gasteiger partial charge in [-0.3, -0.25) is 9.69 Å². The molecule has 1 aromatic heterocycles. The van der Waals surface area contributed by atoms with E-state index in [9.17, 15) is 4.79 Å². The number of rotatable bonds is 10. The molecule has 0 spiro atoms. The molecule has 0 radical (unpaired) electrons. The number of benzene rings is 2. The number of ether oxygens (including phenoxy) is 2. The quantitative estimate of drug-likeness (QED) is 0.410. The third-order valence-corrected chi connectivity index (χ3v) is 7.41. The van der Waals surface area contributed by atoms with E-state index in [1.54, 1.807) is 7.11 Å². The van der Waals surface area contributed by atoms with E-state index in [1.807, 2.05) is 11.0 Å². The summed E-state index contributed by atoms with van der Waals surface area (Å²) in [4.78, 5) is 21.4. The van der Waals surface area contributed by atoms with Crippen molar-refractivity contribution in [3.63, 3.8) is 0 Å². The number of methoxy groups -OCH3 is 1. The number of nitrogens with zero attached hydrogens (tertiary/aromatic N) is 2. The van der Waals surface area contributed by atoms with Crippen LogP contribution in [0.4, 0.5) is 5.69 Å². The van der Waals surface area contributed by atoms with Crippen molar-refractivity contribution in [1.82, 2.24) is 14.8 Å². The van der Waals surface area contributed by atoms with Gasteiger partial charge >= 0.3 is 0 Å². The van der Waals surface area contributed by atoms with Crippen LogP contribution in [0.2, 0.25) is 0 Å². The molecule has 7 heteroatoms. The maximum atomic E-state index is 13.6. The van der Waals surface area contributed by atoms with E-state index >= 15 is 0 Å². The predicted octanol–water partition coefficient (Wildman–Crippen LogP) is 4.43. The topological polar surface area (TPSA) is 69.8 Å². The summed E-state index contributed by atoms with van der Waals surface area (Å²) in [7, 11) is 1.68. The molecule has 3 aromatic rings. The first kappa shape index (κ1) is 26.2. The standard InChI is InChI=1S/C29H40N4O3/c1-20-7-6-8-21(2)26(20)19-30-27-18-24(17-25-22(3)23(4)31-28(25)27)29(34)33-11-9-32(10-12-33)13-14-36-16-15-35-5/h6-8,17-18,30-31H,9-16,19H2,1-5H3. The molecule has 0 unspecified atom stereocenters. The van der Waals surface area contributed by atoms with E-state index in [0.29, 0.717) is 26.4 Å². The number of aromatic nitrogens is 1. The Bertz CT molecular complexity index is 1170. The lowest BCUT2D eigenvalue weighted by atomic mass is 10.0. The van der Waals surface area contributed by atoms with Crippen molar-refractivity contribution in [2.45, 2.75) is 34.2 Å². The number of carbonyl (C=O) groups is 1. The zero-order valence-corrected chi connectivity index (χ0v) is 22.4. The van der Waals surface area contributed by atoms with E-state index in [1.165, 1.54) is 22.3 Å². The number of carbonyl (C=O) groups excluding carboxylic acids is 1. The van der Waals surface area contributed by atoms with Gasteiger partial charge in [0, 0.05) is 63.0 Å². The lowest BCUT2D eigenvalue weighted by molar-refractivity contribution is 0.0421. The van der Waals surface area contributed by atoms with Crippen molar-refractivity contribution in [1.29, 1.82) is 0 Å². The second kappa shape index (κ2) is 11.9. The van der Waals surface area contributed by atoms with Gasteiger partial charge in [-0.1, -0.05) is 18.2 Å². The van der Waals surface area contributed by atoms with E-state index in [-0.39, 0.29) is 5.91 Å². The molecule has 2 aromatic carbocycles. The van der Waals surface area contributed by atoms with Crippen LogP contribution >= 0.6 is 0 Å². The Morgan fingerprint density at radius 1 is 1.00 bits per heavy atom. The van der Waals surface area contributed by atoms with Crippen molar-refractivity contribution in [3.05, 3.63) is 63.8 Å². The molecule has 2 heterocycles. The molecule has 1 amide bonds. The predicted molar refractivity (Wildman–Crippen MR) is 146 cm³/mol. The average molecular weight is 493 g/mol. The van der Waals surface area contributed by atoms with Crippen LogP contribution in [0.25, 0.3) is 10.9 Å². The SMILES string of the molecule is COCCOCCN1CCN(C(=O)c2cc(NCc3c(C)cccc3C)c3[nH]c(C)c(C)c3c2)CC1. The van der Waals surface area contributed by atoms with Crippen molar-refractivity contribution in [2.75, 3.05) is 65.0 Å². The normalized spacial score (nSPS) is 14.5. The zero-order valence-electron chi connectivity index (χ0n) is 22.4. The minimum atomic E-state index is 0.0984. The van der Waals surface area contributed by atoms with E-state index in [4.69, 9.17) is 9.47 Å². The fourth-order valence-electron chi connectivity index (χ4n) is 4.93. The zero-order chi connectivity index (χ0) is 25.7. The van der Waals surface area contributed by atoms with Gasteiger partial charge in [-0.15, -0.1) is 0 Å². The van der Waals surface area contributed by atoms with Crippen molar-refractivity contribution < 1.29 is 14.3 Å². The Kier molecular flexibility index (Phi) is 8.67. The molecule has 0 bridgehead atoms. The third kappa shape index (κ3) is 5.91. The number of anilines is 1. The molecule has 1 aliphatic rings. The summed E-state index contributed by atoms with van der Waals surface area (Å²) in [6.45, 7) is 15.2. The Morgan fingerprint density at radius 2 is 1.72 bits per heavy atom. The van der Waals surface area contributed by atoms with Gasteiger partial charge in [-0.05, 0) is 62.1 Å². The van der Waals surface area contributed by atoms with Crippen LogP contribution in [0.3, 0.4) is 0 Å². The van der Waals surface area contributed by atoms with Gasteiger partial charge in [0.05, 0.1) is 31.0 Å². The first-order valence-corrected chi connectivity index (χ1v) is 12.9. The summed E-state index contributed by atoms with van der Waals surface area (Å²) in [5.74, 6) is 0.0984. The Balaban J connectivity index is 1.47. The molecule has 2 N–H and O–H groups in total. The fourth-order valence-corrected chi connectivity index (χ4v) is 4.93. The van der Waals surface area contributed by atoms with Gasteiger partial charge in [0.25, 0.3) is 5.91 Å². The summed E-state index contributed by atoms with van der Waals surface area (Å²) >= 11 is 0. The second-order valence-corrected chi connectivity index (χ2v) is 9.78. The first-order chi connectivity index (χ1) is 17.4. The molecule has 0 saturated carbocycles. The number of nitrogens with one attached hydrogen (secondary N) is 2. The maximum Gasteiger partial charge on any atom is 0.254 e. The monoisotopic (exact) mass is 492 g/mol. The van der Waals surface area contributed by atoms with Crippen molar-refractivity contribution in [2.24, 2.45) is 0 Å². The van der Waals surface area contributed by atoms with Crippen molar-refractivity contribution in [3.8, 4) is 0 Å². The van der Waals surface area contributed by atoms with Gasteiger partial charge in [-0.25, -0.2) is 0 Å². The highest BCUT2D eigenvalue weighted by Gasteiger charge is 2.23. The third-order valence-electron chi connectivity index (χ3n) is 7.41. The minimum Gasteiger partial charge on any atom is -0.382 e. The molecular weight excluding hydrogens is 452 g/mol. The van der Waals surface area contributed by atoms with E-state index < -0.39 is 0 Å². The van der Waals surface area contributed by atoms with Crippen LogP contribution in [0.5, 0.6) is 0 Å². The number of fused-ring (bicyclic) bond motifs is 1. The van der Waals surface area contributed by atoms with Crippen LogP contribution in [0.15, 0.2) is 30.3 Å². The number of piperazine rings is 1. The van der Waals surface area contributed by atoms with Crippen LogP contribution in [-0.2, 0) is 16.0 Å². The molecule has 4 rings (SSSR count). The summed E-state index contributed by atoms with van der Waals surface area (Å²) in [6, 6.07) is 10.5. The number of H-pyrrole nitrogens is 1. The molecule has 1 aliphatic heterocycles.